The summed E-state index contributed by atoms with van der Waals surface area (Å²) in [6.07, 6.45) is 3.98. The minimum Gasteiger partial charge on any atom is -0.374 e. The lowest BCUT2D eigenvalue weighted by Crippen LogP contribution is -1.90. The van der Waals surface area contributed by atoms with E-state index in [1.165, 1.54) is 21.8 Å². The second-order valence-electron chi connectivity index (χ2n) is 3.38. The summed E-state index contributed by atoms with van der Waals surface area (Å²) in [5, 5.41) is 9.36. The molecular formula is C11H13N3S2. The number of nitrogen functional groups attached to an aromatic ring is 1. The first-order chi connectivity index (χ1) is 7.78. The summed E-state index contributed by atoms with van der Waals surface area (Å²) >= 11 is 3.22. The van der Waals surface area contributed by atoms with Crippen molar-refractivity contribution in [3.8, 4) is 0 Å². The van der Waals surface area contributed by atoms with Gasteiger partial charge in [0.05, 0.1) is 0 Å². The smallest absolute Gasteiger partial charge is 0.203 e. The topological polar surface area (TPSA) is 51.8 Å². The van der Waals surface area contributed by atoms with Crippen LogP contribution in [0.15, 0.2) is 29.2 Å². The van der Waals surface area contributed by atoms with E-state index in [9.17, 15) is 0 Å². The third kappa shape index (κ3) is 2.96. The molecule has 84 valence electrons. The maximum Gasteiger partial charge on any atom is 0.203 e. The summed E-state index contributed by atoms with van der Waals surface area (Å²) in [7, 11) is 0. The van der Waals surface area contributed by atoms with Crippen LogP contribution in [0.25, 0.3) is 0 Å². The lowest BCUT2D eigenvalue weighted by atomic mass is 10.1. The van der Waals surface area contributed by atoms with Crippen LogP contribution >= 0.6 is 23.1 Å². The molecule has 0 aliphatic rings. The van der Waals surface area contributed by atoms with Crippen LogP contribution in [-0.4, -0.2) is 16.5 Å². The predicted molar refractivity (Wildman–Crippen MR) is 70.0 cm³/mol. The highest BCUT2D eigenvalue weighted by molar-refractivity contribution is 7.98. The third-order valence-electron chi connectivity index (χ3n) is 2.27. The number of thioether (sulfide) groups is 1. The average Bonchev–Trinajstić information content (AvgIpc) is 2.73. The molecule has 0 saturated carbocycles. The van der Waals surface area contributed by atoms with E-state index in [2.05, 4.69) is 40.7 Å². The highest BCUT2D eigenvalue weighted by atomic mass is 32.2. The maximum absolute atomic E-state index is 5.53. The minimum absolute atomic E-state index is 0.549. The zero-order chi connectivity index (χ0) is 11.4. The molecule has 0 aliphatic carbocycles. The molecule has 0 amide bonds. The Morgan fingerprint density at radius 2 is 1.94 bits per heavy atom. The summed E-state index contributed by atoms with van der Waals surface area (Å²) < 4.78 is 0. The Labute approximate surface area is 103 Å². The van der Waals surface area contributed by atoms with E-state index in [1.54, 1.807) is 11.8 Å². The minimum atomic E-state index is 0.549. The van der Waals surface area contributed by atoms with Gasteiger partial charge in [-0.05, 0) is 30.4 Å². The van der Waals surface area contributed by atoms with E-state index in [0.717, 1.165) is 17.8 Å². The van der Waals surface area contributed by atoms with Crippen LogP contribution in [0.5, 0.6) is 0 Å². The van der Waals surface area contributed by atoms with Crippen molar-refractivity contribution in [2.75, 3.05) is 12.0 Å². The van der Waals surface area contributed by atoms with Crippen molar-refractivity contribution < 1.29 is 0 Å². The van der Waals surface area contributed by atoms with Crippen molar-refractivity contribution >= 4 is 28.2 Å². The van der Waals surface area contributed by atoms with Crippen molar-refractivity contribution in [1.29, 1.82) is 0 Å². The van der Waals surface area contributed by atoms with Crippen LogP contribution in [-0.2, 0) is 12.8 Å². The van der Waals surface area contributed by atoms with Crippen molar-refractivity contribution in [2.24, 2.45) is 0 Å². The molecule has 16 heavy (non-hydrogen) atoms. The molecular weight excluding hydrogens is 238 g/mol. The molecule has 0 spiro atoms. The van der Waals surface area contributed by atoms with Gasteiger partial charge in [0, 0.05) is 11.3 Å². The molecule has 0 saturated heterocycles. The first-order valence-electron chi connectivity index (χ1n) is 4.98. The SMILES string of the molecule is CSc1ccc(CCc2nnc(N)s2)cc1. The van der Waals surface area contributed by atoms with Crippen LogP contribution in [0.4, 0.5) is 5.13 Å². The molecule has 0 atom stereocenters. The monoisotopic (exact) mass is 251 g/mol. The quantitative estimate of drug-likeness (QED) is 0.849. The number of hydrogen-bond acceptors (Lipinski definition) is 5. The average molecular weight is 251 g/mol. The standard InChI is InChI=1S/C11H13N3S2/c1-15-9-5-2-8(3-6-9)4-7-10-13-14-11(12)16-10/h2-3,5-6H,4,7H2,1H3,(H2,12,14). The molecule has 0 unspecified atom stereocenters. The molecule has 0 radical (unpaired) electrons. The lowest BCUT2D eigenvalue weighted by Gasteiger charge is -2.00. The Hall–Kier alpha value is -1.07. The van der Waals surface area contributed by atoms with E-state index in [0.29, 0.717) is 5.13 Å². The van der Waals surface area contributed by atoms with E-state index in [1.807, 2.05) is 0 Å². The van der Waals surface area contributed by atoms with Crippen LogP contribution in [0, 0.1) is 0 Å². The van der Waals surface area contributed by atoms with Gasteiger partial charge in [0.1, 0.15) is 5.01 Å². The Morgan fingerprint density at radius 1 is 1.19 bits per heavy atom. The fourth-order valence-corrected chi connectivity index (χ4v) is 2.43. The summed E-state index contributed by atoms with van der Waals surface area (Å²) in [5.41, 5.74) is 6.85. The second-order valence-corrected chi connectivity index (χ2v) is 5.36. The lowest BCUT2D eigenvalue weighted by molar-refractivity contribution is 0.905. The van der Waals surface area contributed by atoms with Crippen molar-refractivity contribution in [3.63, 3.8) is 0 Å². The highest BCUT2D eigenvalue weighted by Gasteiger charge is 2.01. The predicted octanol–water partition coefficient (Wildman–Crippen LogP) is 2.63. The Bertz CT molecular complexity index is 451. The molecule has 2 aromatic rings. The fourth-order valence-electron chi connectivity index (χ4n) is 1.41. The molecule has 1 aromatic carbocycles. The number of aryl methyl sites for hydroxylation is 2. The number of hydrogen-bond donors (Lipinski definition) is 1. The zero-order valence-corrected chi connectivity index (χ0v) is 10.6. The van der Waals surface area contributed by atoms with Gasteiger partial charge >= 0.3 is 0 Å². The van der Waals surface area contributed by atoms with Gasteiger partial charge in [0.15, 0.2) is 0 Å². The van der Waals surface area contributed by atoms with Crippen LogP contribution in [0.3, 0.4) is 0 Å². The van der Waals surface area contributed by atoms with Gasteiger partial charge in [-0.1, -0.05) is 23.5 Å². The second kappa shape index (κ2) is 5.32. The van der Waals surface area contributed by atoms with E-state index < -0.39 is 0 Å². The van der Waals surface area contributed by atoms with Gasteiger partial charge in [-0.25, -0.2) is 0 Å². The van der Waals surface area contributed by atoms with Gasteiger partial charge in [-0.2, -0.15) is 0 Å². The number of nitrogens with zero attached hydrogens (tertiary/aromatic N) is 2. The number of rotatable bonds is 4. The molecule has 0 bridgehead atoms. The number of benzene rings is 1. The molecule has 5 heteroatoms. The molecule has 1 aromatic heterocycles. The summed E-state index contributed by atoms with van der Waals surface area (Å²) in [5.74, 6) is 0. The molecule has 1 heterocycles. The Balaban J connectivity index is 1.94. The van der Waals surface area contributed by atoms with Gasteiger partial charge in [0.2, 0.25) is 5.13 Å². The van der Waals surface area contributed by atoms with E-state index in [-0.39, 0.29) is 0 Å². The van der Waals surface area contributed by atoms with Gasteiger partial charge in [-0.3, -0.25) is 0 Å². The van der Waals surface area contributed by atoms with Gasteiger partial charge < -0.3 is 5.73 Å². The van der Waals surface area contributed by atoms with Gasteiger partial charge in [0.25, 0.3) is 0 Å². The molecule has 0 fully saturated rings. The molecule has 2 rings (SSSR count). The highest BCUT2D eigenvalue weighted by Crippen LogP contribution is 2.17. The van der Waals surface area contributed by atoms with E-state index in [4.69, 9.17) is 5.73 Å². The maximum atomic E-state index is 5.53. The first kappa shape index (κ1) is 11.4. The summed E-state index contributed by atoms with van der Waals surface area (Å²) in [4.78, 5) is 1.30. The Morgan fingerprint density at radius 3 is 2.50 bits per heavy atom. The normalized spacial score (nSPS) is 10.6. The van der Waals surface area contributed by atoms with Crippen LogP contribution < -0.4 is 5.73 Å². The van der Waals surface area contributed by atoms with E-state index >= 15 is 0 Å². The van der Waals surface area contributed by atoms with Crippen molar-refractivity contribution in [1.82, 2.24) is 10.2 Å². The number of aromatic nitrogens is 2. The van der Waals surface area contributed by atoms with Crippen molar-refractivity contribution in [2.45, 2.75) is 17.7 Å². The fraction of sp³-hybridized carbons (Fsp3) is 0.273. The summed E-state index contributed by atoms with van der Waals surface area (Å²) in [6, 6.07) is 8.62. The number of nitrogens with two attached hydrogens (primary N) is 1. The van der Waals surface area contributed by atoms with Crippen LogP contribution in [0.2, 0.25) is 0 Å². The first-order valence-corrected chi connectivity index (χ1v) is 7.03. The summed E-state index contributed by atoms with van der Waals surface area (Å²) in [6.45, 7) is 0. The third-order valence-corrected chi connectivity index (χ3v) is 3.82. The molecule has 2 N–H and O–H groups in total. The largest absolute Gasteiger partial charge is 0.374 e. The van der Waals surface area contributed by atoms with Crippen LogP contribution in [0.1, 0.15) is 10.6 Å². The molecule has 0 aliphatic heterocycles. The zero-order valence-electron chi connectivity index (χ0n) is 9.01. The Kier molecular flexibility index (Phi) is 3.79. The molecule has 3 nitrogen and oxygen atoms in total. The van der Waals surface area contributed by atoms with Gasteiger partial charge in [-0.15, -0.1) is 22.0 Å². The van der Waals surface area contributed by atoms with Crippen molar-refractivity contribution in [3.05, 3.63) is 34.8 Å². The number of anilines is 1.